The highest BCUT2D eigenvalue weighted by atomic mass is 16.5. The molecule has 3 aromatic carbocycles. The normalized spacial score (nSPS) is 10.6. The van der Waals surface area contributed by atoms with E-state index >= 15 is 0 Å². The molecule has 0 aliphatic carbocycles. The van der Waals surface area contributed by atoms with E-state index in [1.807, 2.05) is 42.5 Å². The Balaban J connectivity index is 2.28. The van der Waals surface area contributed by atoms with Crippen LogP contribution in [0.15, 0.2) is 60.7 Å². The molecule has 0 amide bonds. The molecule has 0 unspecified atom stereocenters. The van der Waals surface area contributed by atoms with Crippen molar-refractivity contribution in [3.05, 3.63) is 60.7 Å². The van der Waals surface area contributed by atoms with Crippen molar-refractivity contribution in [2.24, 2.45) is 0 Å². The molecule has 0 heterocycles. The molecule has 0 aromatic heterocycles. The first kappa shape index (κ1) is 11.6. The fourth-order valence-corrected chi connectivity index (χ4v) is 2.36. The van der Waals surface area contributed by atoms with Gasteiger partial charge in [0, 0.05) is 11.1 Å². The van der Waals surface area contributed by atoms with E-state index in [4.69, 9.17) is 10.5 Å². The molecule has 3 aromatic rings. The number of fused-ring (bicyclic) bond motifs is 1. The largest absolute Gasteiger partial charge is 0.497 e. The Morgan fingerprint density at radius 1 is 0.842 bits per heavy atom. The van der Waals surface area contributed by atoms with Crippen LogP contribution in [0.2, 0.25) is 0 Å². The van der Waals surface area contributed by atoms with Crippen molar-refractivity contribution in [1.82, 2.24) is 0 Å². The molecule has 2 N–H and O–H groups in total. The standard InChI is InChI=1S/C17H15NO/c1-19-13-6-4-5-12(11-13)14-9-10-17(18)16-8-3-2-7-15(14)16/h2-11H,18H2,1H3. The third-order valence-corrected chi connectivity index (χ3v) is 3.34. The minimum atomic E-state index is 0.808. The molecule has 0 bridgehead atoms. The molecule has 0 spiro atoms. The van der Waals surface area contributed by atoms with E-state index in [0.717, 1.165) is 27.8 Å². The number of ether oxygens (including phenoxy) is 1. The van der Waals surface area contributed by atoms with Crippen LogP contribution in [0.5, 0.6) is 5.75 Å². The van der Waals surface area contributed by atoms with Crippen molar-refractivity contribution in [3.8, 4) is 16.9 Å². The van der Waals surface area contributed by atoms with Gasteiger partial charge in [0.25, 0.3) is 0 Å². The van der Waals surface area contributed by atoms with Crippen LogP contribution in [0.1, 0.15) is 0 Å². The molecule has 0 aliphatic rings. The van der Waals surface area contributed by atoms with E-state index in [2.05, 4.69) is 18.2 Å². The number of nitrogens with two attached hydrogens (primary N) is 1. The average Bonchev–Trinajstić information content (AvgIpc) is 2.48. The van der Waals surface area contributed by atoms with Gasteiger partial charge in [-0.1, -0.05) is 42.5 Å². The topological polar surface area (TPSA) is 35.2 Å². The van der Waals surface area contributed by atoms with E-state index in [0.29, 0.717) is 0 Å². The number of rotatable bonds is 2. The van der Waals surface area contributed by atoms with Crippen molar-refractivity contribution in [1.29, 1.82) is 0 Å². The Labute approximate surface area is 112 Å². The van der Waals surface area contributed by atoms with Crippen LogP contribution in [0.4, 0.5) is 5.69 Å². The molecule has 0 fully saturated rings. The minimum absolute atomic E-state index is 0.808. The zero-order valence-electron chi connectivity index (χ0n) is 10.8. The summed E-state index contributed by atoms with van der Waals surface area (Å²) in [6.07, 6.45) is 0. The summed E-state index contributed by atoms with van der Waals surface area (Å²) in [5.41, 5.74) is 9.15. The Morgan fingerprint density at radius 3 is 2.42 bits per heavy atom. The van der Waals surface area contributed by atoms with Crippen molar-refractivity contribution in [3.63, 3.8) is 0 Å². The number of benzene rings is 3. The summed E-state index contributed by atoms with van der Waals surface area (Å²) >= 11 is 0. The SMILES string of the molecule is COc1cccc(-c2ccc(N)c3ccccc23)c1. The third-order valence-electron chi connectivity index (χ3n) is 3.34. The number of methoxy groups -OCH3 is 1. The maximum absolute atomic E-state index is 6.03. The van der Waals surface area contributed by atoms with Crippen LogP contribution < -0.4 is 10.5 Å². The Bertz CT molecular complexity index is 734. The zero-order chi connectivity index (χ0) is 13.2. The highest BCUT2D eigenvalue weighted by Crippen LogP contribution is 2.33. The van der Waals surface area contributed by atoms with Gasteiger partial charge in [0.15, 0.2) is 0 Å². The molecule has 2 nitrogen and oxygen atoms in total. The van der Waals surface area contributed by atoms with E-state index in [-0.39, 0.29) is 0 Å². The summed E-state index contributed by atoms with van der Waals surface area (Å²) in [5, 5.41) is 2.25. The molecule has 0 saturated carbocycles. The number of anilines is 1. The van der Waals surface area contributed by atoms with Gasteiger partial charge in [-0.15, -0.1) is 0 Å². The van der Waals surface area contributed by atoms with Crippen molar-refractivity contribution >= 4 is 16.5 Å². The quantitative estimate of drug-likeness (QED) is 0.694. The summed E-state index contributed by atoms with van der Waals surface area (Å²) < 4.78 is 5.29. The smallest absolute Gasteiger partial charge is 0.119 e. The van der Waals surface area contributed by atoms with Crippen LogP contribution in [0.3, 0.4) is 0 Å². The fourth-order valence-electron chi connectivity index (χ4n) is 2.36. The second kappa shape index (κ2) is 4.65. The van der Waals surface area contributed by atoms with E-state index in [1.165, 1.54) is 5.56 Å². The molecule has 94 valence electrons. The Kier molecular flexibility index (Phi) is 2.84. The summed E-state index contributed by atoms with van der Waals surface area (Å²) in [7, 11) is 1.68. The second-order valence-electron chi connectivity index (χ2n) is 4.48. The fraction of sp³-hybridized carbons (Fsp3) is 0.0588. The summed E-state index contributed by atoms with van der Waals surface area (Å²) in [6, 6.07) is 20.3. The predicted octanol–water partition coefficient (Wildman–Crippen LogP) is 4.10. The lowest BCUT2D eigenvalue weighted by Crippen LogP contribution is -1.89. The first-order valence-electron chi connectivity index (χ1n) is 6.21. The van der Waals surface area contributed by atoms with Gasteiger partial charge in [0.2, 0.25) is 0 Å². The second-order valence-corrected chi connectivity index (χ2v) is 4.48. The van der Waals surface area contributed by atoms with E-state index in [9.17, 15) is 0 Å². The highest BCUT2D eigenvalue weighted by molar-refractivity contribution is 6.02. The van der Waals surface area contributed by atoms with Crippen LogP contribution in [-0.2, 0) is 0 Å². The molecule has 19 heavy (non-hydrogen) atoms. The molecule has 0 saturated heterocycles. The molecule has 0 atom stereocenters. The van der Waals surface area contributed by atoms with Gasteiger partial charge in [-0.25, -0.2) is 0 Å². The predicted molar refractivity (Wildman–Crippen MR) is 80.3 cm³/mol. The average molecular weight is 249 g/mol. The van der Waals surface area contributed by atoms with Crippen molar-refractivity contribution in [2.75, 3.05) is 12.8 Å². The van der Waals surface area contributed by atoms with Gasteiger partial charge in [0.05, 0.1) is 7.11 Å². The first-order valence-corrected chi connectivity index (χ1v) is 6.21. The lowest BCUT2D eigenvalue weighted by Gasteiger charge is -2.10. The highest BCUT2D eigenvalue weighted by Gasteiger charge is 2.06. The van der Waals surface area contributed by atoms with Gasteiger partial charge in [-0.2, -0.15) is 0 Å². The van der Waals surface area contributed by atoms with Crippen molar-refractivity contribution < 1.29 is 4.74 Å². The lowest BCUT2D eigenvalue weighted by atomic mass is 9.97. The molecular formula is C17H15NO. The summed E-state index contributed by atoms with van der Waals surface area (Å²) in [4.78, 5) is 0. The van der Waals surface area contributed by atoms with Crippen LogP contribution in [0.25, 0.3) is 21.9 Å². The molecule has 3 rings (SSSR count). The summed E-state index contributed by atoms with van der Waals surface area (Å²) in [5.74, 6) is 0.860. The molecular weight excluding hydrogens is 234 g/mol. The van der Waals surface area contributed by atoms with Crippen LogP contribution in [0, 0.1) is 0 Å². The lowest BCUT2D eigenvalue weighted by molar-refractivity contribution is 0.415. The van der Waals surface area contributed by atoms with Gasteiger partial charge in [-0.05, 0) is 34.7 Å². The Hall–Kier alpha value is -2.48. The molecule has 2 heteroatoms. The first-order chi connectivity index (χ1) is 9.29. The third kappa shape index (κ3) is 2.02. The zero-order valence-corrected chi connectivity index (χ0v) is 10.8. The summed E-state index contributed by atoms with van der Waals surface area (Å²) in [6.45, 7) is 0. The Morgan fingerprint density at radius 2 is 1.63 bits per heavy atom. The number of nitrogen functional groups attached to an aromatic ring is 1. The van der Waals surface area contributed by atoms with Gasteiger partial charge < -0.3 is 10.5 Å². The van der Waals surface area contributed by atoms with Gasteiger partial charge >= 0.3 is 0 Å². The minimum Gasteiger partial charge on any atom is -0.497 e. The monoisotopic (exact) mass is 249 g/mol. The van der Waals surface area contributed by atoms with E-state index in [1.54, 1.807) is 7.11 Å². The van der Waals surface area contributed by atoms with Crippen molar-refractivity contribution in [2.45, 2.75) is 0 Å². The van der Waals surface area contributed by atoms with Gasteiger partial charge in [-0.3, -0.25) is 0 Å². The van der Waals surface area contributed by atoms with E-state index < -0.39 is 0 Å². The van der Waals surface area contributed by atoms with Crippen LogP contribution >= 0.6 is 0 Å². The van der Waals surface area contributed by atoms with Crippen LogP contribution in [-0.4, -0.2) is 7.11 Å². The molecule has 0 aliphatic heterocycles. The molecule has 0 radical (unpaired) electrons. The van der Waals surface area contributed by atoms with Gasteiger partial charge in [0.1, 0.15) is 5.75 Å². The number of hydrogen-bond donors (Lipinski definition) is 1. The number of hydrogen-bond acceptors (Lipinski definition) is 2. The maximum atomic E-state index is 6.03. The maximum Gasteiger partial charge on any atom is 0.119 e.